The Morgan fingerprint density at radius 2 is 2.00 bits per heavy atom. The highest BCUT2D eigenvalue weighted by atomic mass is 16.5. The van der Waals surface area contributed by atoms with Gasteiger partial charge in [-0.1, -0.05) is 30.3 Å². The molecule has 0 saturated carbocycles. The van der Waals surface area contributed by atoms with Gasteiger partial charge in [0.25, 0.3) is 0 Å². The van der Waals surface area contributed by atoms with Gasteiger partial charge in [0.2, 0.25) is 5.91 Å². The number of aliphatic carboxylic acids is 1. The Morgan fingerprint density at radius 3 is 2.53 bits per heavy atom. The molecule has 0 aliphatic carbocycles. The van der Waals surface area contributed by atoms with E-state index in [1.807, 2.05) is 0 Å². The Balaban J connectivity index is 2.09. The Hall–Kier alpha value is -1.92. The van der Waals surface area contributed by atoms with Gasteiger partial charge in [-0.15, -0.1) is 0 Å². The van der Waals surface area contributed by atoms with Crippen LogP contribution in [0.1, 0.15) is 11.6 Å². The van der Waals surface area contributed by atoms with Crippen LogP contribution in [0, 0.1) is 5.92 Å². The first kappa shape index (κ1) is 13.5. The smallest absolute Gasteiger partial charge is 0.330 e. The minimum Gasteiger partial charge on any atom is -0.479 e. The first-order chi connectivity index (χ1) is 9.09. The number of amides is 1. The van der Waals surface area contributed by atoms with E-state index in [9.17, 15) is 14.7 Å². The fourth-order valence-corrected chi connectivity index (χ4v) is 2.02. The lowest BCUT2D eigenvalue weighted by atomic mass is 10.0. The summed E-state index contributed by atoms with van der Waals surface area (Å²) in [6.07, 6.45) is 0. The molecule has 0 radical (unpaired) electrons. The zero-order chi connectivity index (χ0) is 13.8. The van der Waals surface area contributed by atoms with Gasteiger partial charge in [-0.05, 0) is 5.56 Å². The van der Waals surface area contributed by atoms with Crippen LogP contribution in [0.25, 0.3) is 0 Å². The predicted octanol–water partition coefficient (Wildman–Crippen LogP) is -0.0978. The van der Waals surface area contributed by atoms with Crippen LogP contribution in [0.2, 0.25) is 0 Å². The molecule has 1 aliphatic heterocycles. The molecular weight excluding hydrogens is 248 g/mol. The fourth-order valence-electron chi connectivity index (χ4n) is 2.02. The molecule has 4 N–H and O–H groups in total. The predicted molar refractivity (Wildman–Crippen MR) is 67.2 cm³/mol. The first-order valence-electron chi connectivity index (χ1n) is 6.01. The number of ether oxygens (including phenoxy) is 1. The van der Waals surface area contributed by atoms with Crippen LogP contribution in [0.5, 0.6) is 0 Å². The molecule has 1 fully saturated rings. The van der Waals surface area contributed by atoms with E-state index in [1.54, 1.807) is 30.3 Å². The number of benzene rings is 1. The minimum atomic E-state index is -1.10. The molecule has 1 aliphatic rings. The molecule has 0 spiro atoms. The standard InChI is InChI=1S/C13H16N2O4/c14-10-7-19-6-9(10)12(16)15-11(13(17)18)8-4-2-1-3-5-8/h1-5,9-11H,6-7,14H2,(H,15,16)(H,17,18)/t9?,10?,11-/m0/s1. The maximum Gasteiger partial charge on any atom is 0.330 e. The number of carboxylic acid groups (broad SMARTS) is 1. The quantitative estimate of drug-likeness (QED) is 0.705. The fraction of sp³-hybridized carbons (Fsp3) is 0.385. The second-order valence-electron chi connectivity index (χ2n) is 4.50. The van der Waals surface area contributed by atoms with Gasteiger partial charge in [0.1, 0.15) is 0 Å². The van der Waals surface area contributed by atoms with Gasteiger partial charge >= 0.3 is 5.97 Å². The molecule has 1 saturated heterocycles. The zero-order valence-electron chi connectivity index (χ0n) is 10.3. The molecule has 1 aromatic carbocycles. The number of carbonyl (C=O) groups is 2. The molecule has 0 bridgehead atoms. The van der Waals surface area contributed by atoms with Crippen molar-refractivity contribution in [1.29, 1.82) is 0 Å². The molecule has 1 amide bonds. The summed E-state index contributed by atoms with van der Waals surface area (Å²) in [5.74, 6) is -1.99. The monoisotopic (exact) mass is 264 g/mol. The third-order valence-electron chi connectivity index (χ3n) is 3.13. The number of hydrogen-bond acceptors (Lipinski definition) is 4. The van der Waals surface area contributed by atoms with Crippen LogP contribution >= 0.6 is 0 Å². The molecule has 1 aromatic rings. The van der Waals surface area contributed by atoms with Gasteiger partial charge in [0.05, 0.1) is 19.1 Å². The van der Waals surface area contributed by atoms with E-state index < -0.39 is 17.9 Å². The maximum atomic E-state index is 12.0. The van der Waals surface area contributed by atoms with Gasteiger partial charge in [-0.25, -0.2) is 4.79 Å². The lowest BCUT2D eigenvalue weighted by Gasteiger charge is -2.18. The summed E-state index contributed by atoms with van der Waals surface area (Å²) < 4.78 is 5.10. The largest absolute Gasteiger partial charge is 0.479 e. The molecule has 3 atom stereocenters. The summed E-state index contributed by atoms with van der Waals surface area (Å²) in [5, 5.41) is 11.7. The molecule has 19 heavy (non-hydrogen) atoms. The zero-order valence-corrected chi connectivity index (χ0v) is 10.3. The van der Waals surface area contributed by atoms with Crippen molar-refractivity contribution in [2.45, 2.75) is 12.1 Å². The lowest BCUT2D eigenvalue weighted by Crippen LogP contribution is -2.44. The Kier molecular flexibility index (Phi) is 4.13. The topological polar surface area (TPSA) is 102 Å². The average molecular weight is 264 g/mol. The SMILES string of the molecule is NC1COCC1C(=O)N[C@H](C(=O)O)c1ccccc1. The van der Waals surface area contributed by atoms with Gasteiger partial charge in [-0.3, -0.25) is 4.79 Å². The van der Waals surface area contributed by atoms with E-state index in [-0.39, 0.29) is 18.6 Å². The number of carboxylic acids is 1. The van der Waals surface area contributed by atoms with E-state index in [0.717, 1.165) is 0 Å². The number of nitrogens with one attached hydrogen (secondary N) is 1. The molecule has 102 valence electrons. The van der Waals surface area contributed by atoms with Gasteiger partial charge in [0.15, 0.2) is 6.04 Å². The van der Waals surface area contributed by atoms with Crippen LogP contribution in [-0.4, -0.2) is 36.2 Å². The molecule has 6 heteroatoms. The third-order valence-corrected chi connectivity index (χ3v) is 3.13. The van der Waals surface area contributed by atoms with Gasteiger partial charge in [-0.2, -0.15) is 0 Å². The number of hydrogen-bond donors (Lipinski definition) is 3. The Bertz CT molecular complexity index is 463. The summed E-state index contributed by atoms with van der Waals surface area (Å²) in [5.41, 5.74) is 6.26. The van der Waals surface area contributed by atoms with Crippen molar-refractivity contribution in [2.24, 2.45) is 11.7 Å². The van der Waals surface area contributed by atoms with Crippen LogP contribution in [0.15, 0.2) is 30.3 Å². The van der Waals surface area contributed by atoms with Crippen molar-refractivity contribution in [1.82, 2.24) is 5.32 Å². The second kappa shape index (κ2) is 5.81. The minimum absolute atomic E-state index is 0.230. The van der Waals surface area contributed by atoms with E-state index in [1.165, 1.54) is 0 Å². The molecule has 6 nitrogen and oxygen atoms in total. The molecule has 1 heterocycles. The summed E-state index contributed by atoms with van der Waals surface area (Å²) in [7, 11) is 0. The van der Waals surface area contributed by atoms with E-state index in [2.05, 4.69) is 5.32 Å². The highest BCUT2D eigenvalue weighted by molar-refractivity contribution is 5.86. The summed E-state index contributed by atoms with van der Waals surface area (Å²) >= 11 is 0. The van der Waals surface area contributed by atoms with E-state index in [4.69, 9.17) is 10.5 Å². The Labute approximate surface area is 110 Å². The van der Waals surface area contributed by atoms with E-state index in [0.29, 0.717) is 12.2 Å². The van der Waals surface area contributed by atoms with Crippen LogP contribution < -0.4 is 11.1 Å². The van der Waals surface area contributed by atoms with Gasteiger partial charge in [0, 0.05) is 6.04 Å². The van der Waals surface area contributed by atoms with Crippen LogP contribution in [-0.2, 0) is 14.3 Å². The van der Waals surface area contributed by atoms with Crippen molar-refractivity contribution < 1.29 is 19.4 Å². The van der Waals surface area contributed by atoms with Crippen molar-refractivity contribution >= 4 is 11.9 Å². The van der Waals surface area contributed by atoms with Crippen molar-refractivity contribution in [3.05, 3.63) is 35.9 Å². The summed E-state index contributed by atoms with van der Waals surface area (Å²) in [6.45, 7) is 0.551. The second-order valence-corrected chi connectivity index (χ2v) is 4.50. The summed E-state index contributed by atoms with van der Waals surface area (Å²) in [6, 6.07) is 7.09. The van der Waals surface area contributed by atoms with Crippen molar-refractivity contribution in [3.63, 3.8) is 0 Å². The number of rotatable bonds is 4. The molecule has 2 unspecified atom stereocenters. The summed E-state index contributed by atoms with van der Waals surface area (Å²) in [4.78, 5) is 23.3. The first-order valence-corrected chi connectivity index (χ1v) is 6.01. The highest BCUT2D eigenvalue weighted by Gasteiger charge is 2.34. The van der Waals surface area contributed by atoms with Crippen molar-refractivity contribution in [3.8, 4) is 0 Å². The molecule has 0 aromatic heterocycles. The normalized spacial score (nSPS) is 23.8. The highest BCUT2D eigenvalue weighted by Crippen LogP contribution is 2.16. The molecular formula is C13H16N2O4. The molecule has 2 rings (SSSR count). The Morgan fingerprint density at radius 1 is 1.32 bits per heavy atom. The van der Waals surface area contributed by atoms with E-state index >= 15 is 0 Å². The van der Waals surface area contributed by atoms with Crippen molar-refractivity contribution in [2.75, 3.05) is 13.2 Å². The maximum absolute atomic E-state index is 12.0. The van der Waals surface area contributed by atoms with Crippen LogP contribution in [0.3, 0.4) is 0 Å². The van der Waals surface area contributed by atoms with Gasteiger partial charge < -0.3 is 20.9 Å². The lowest BCUT2D eigenvalue weighted by molar-refractivity contribution is -0.142. The third kappa shape index (κ3) is 3.10. The number of carbonyl (C=O) groups excluding carboxylic acids is 1. The van der Waals surface area contributed by atoms with Crippen LogP contribution in [0.4, 0.5) is 0 Å². The average Bonchev–Trinajstić information content (AvgIpc) is 2.82. The number of nitrogens with two attached hydrogens (primary N) is 1.